The second kappa shape index (κ2) is 8.90. The van der Waals surface area contributed by atoms with Gasteiger partial charge in [-0.2, -0.15) is 0 Å². The van der Waals surface area contributed by atoms with Gasteiger partial charge in [0.15, 0.2) is 0 Å². The van der Waals surface area contributed by atoms with Crippen LogP contribution >= 0.6 is 0 Å². The second-order valence-corrected chi connectivity index (χ2v) is 7.01. The van der Waals surface area contributed by atoms with Gasteiger partial charge < -0.3 is 14.5 Å². The number of benzene rings is 2. The molecule has 0 unspecified atom stereocenters. The molecular formula is C23H23FN4O2. The van der Waals surface area contributed by atoms with Crippen LogP contribution in [0.15, 0.2) is 60.9 Å². The number of rotatable bonds is 5. The van der Waals surface area contributed by atoms with E-state index >= 15 is 0 Å². The maximum Gasteiger partial charge on any atom is 0.254 e. The van der Waals surface area contributed by atoms with Gasteiger partial charge in [-0.05, 0) is 49.4 Å². The Morgan fingerprint density at radius 3 is 2.50 bits per heavy atom. The lowest BCUT2D eigenvalue weighted by molar-refractivity contribution is 0.0746. The molecule has 0 N–H and O–H groups in total. The fourth-order valence-electron chi connectivity index (χ4n) is 3.51. The molecule has 0 radical (unpaired) electrons. The summed E-state index contributed by atoms with van der Waals surface area (Å²) in [6, 6.07) is 15.6. The summed E-state index contributed by atoms with van der Waals surface area (Å²) in [4.78, 5) is 25.3. The zero-order chi connectivity index (χ0) is 20.9. The van der Waals surface area contributed by atoms with Crippen molar-refractivity contribution in [2.75, 3.05) is 37.7 Å². The van der Waals surface area contributed by atoms with Crippen LogP contribution in [0.4, 0.5) is 10.2 Å². The first-order valence-electron chi connectivity index (χ1n) is 9.99. The summed E-state index contributed by atoms with van der Waals surface area (Å²) in [5.74, 6) is 1.11. The van der Waals surface area contributed by atoms with Gasteiger partial charge >= 0.3 is 0 Å². The molecule has 1 saturated heterocycles. The van der Waals surface area contributed by atoms with Gasteiger partial charge in [0, 0.05) is 43.4 Å². The Labute approximate surface area is 174 Å². The SMILES string of the molecule is CCOc1ccc(-c2cc(N3CCN(C(=O)c4cccc(F)c4)CC3)ncn2)cc1. The number of aromatic nitrogens is 2. The van der Waals surface area contributed by atoms with Gasteiger partial charge in [-0.25, -0.2) is 14.4 Å². The van der Waals surface area contributed by atoms with Crippen molar-refractivity contribution in [3.8, 4) is 17.0 Å². The number of nitrogens with zero attached hydrogens (tertiary/aromatic N) is 4. The van der Waals surface area contributed by atoms with E-state index < -0.39 is 5.82 Å². The molecule has 4 rings (SSSR count). The molecule has 2 aromatic carbocycles. The molecule has 0 spiro atoms. The zero-order valence-corrected chi connectivity index (χ0v) is 16.8. The van der Waals surface area contributed by atoms with Gasteiger partial charge in [0.2, 0.25) is 0 Å². The van der Waals surface area contributed by atoms with Crippen molar-refractivity contribution in [3.05, 3.63) is 72.3 Å². The van der Waals surface area contributed by atoms with Crippen molar-refractivity contribution >= 4 is 11.7 Å². The van der Waals surface area contributed by atoms with Gasteiger partial charge in [-0.3, -0.25) is 4.79 Å². The molecule has 1 aliphatic heterocycles. The minimum atomic E-state index is -0.401. The van der Waals surface area contributed by atoms with Crippen molar-refractivity contribution in [1.82, 2.24) is 14.9 Å². The van der Waals surface area contributed by atoms with Crippen LogP contribution in [-0.2, 0) is 0 Å². The minimum absolute atomic E-state index is 0.146. The third kappa shape index (κ3) is 4.40. The average Bonchev–Trinajstić information content (AvgIpc) is 2.79. The summed E-state index contributed by atoms with van der Waals surface area (Å²) in [5.41, 5.74) is 2.20. The monoisotopic (exact) mass is 406 g/mol. The first-order valence-corrected chi connectivity index (χ1v) is 9.99. The molecule has 0 bridgehead atoms. The highest BCUT2D eigenvalue weighted by atomic mass is 19.1. The Kier molecular flexibility index (Phi) is 5.88. The number of halogens is 1. The number of ether oxygens (including phenoxy) is 1. The molecule has 2 heterocycles. The van der Waals surface area contributed by atoms with E-state index in [2.05, 4.69) is 14.9 Å². The fraction of sp³-hybridized carbons (Fsp3) is 0.261. The Hall–Kier alpha value is -3.48. The molecule has 7 heteroatoms. The average molecular weight is 406 g/mol. The predicted octanol–water partition coefficient (Wildman–Crippen LogP) is 3.64. The molecule has 1 aliphatic rings. The summed E-state index contributed by atoms with van der Waals surface area (Å²) in [5, 5.41) is 0. The standard InChI is InChI=1S/C23H23FN4O2/c1-2-30-20-8-6-17(7-9-20)21-15-22(26-16-25-21)27-10-12-28(13-11-27)23(29)18-4-3-5-19(24)14-18/h3-9,14-16H,2,10-13H2,1H3. The van der Waals surface area contributed by atoms with Crippen LogP contribution in [0.1, 0.15) is 17.3 Å². The number of piperazine rings is 1. The quantitative estimate of drug-likeness (QED) is 0.647. The third-order valence-corrected chi connectivity index (χ3v) is 5.08. The molecule has 154 valence electrons. The van der Waals surface area contributed by atoms with Crippen molar-refractivity contribution < 1.29 is 13.9 Å². The molecule has 3 aromatic rings. The Morgan fingerprint density at radius 2 is 1.80 bits per heavy atom. The van der Waals surface area contributed by atoms with Crippen LogP contribution in [0.25, 0.3) is 11.3 Å². The summed E-state index contributed by atoms with van der Waals surface area (Å²) < 4.78 is 18.9. The lowest BCUT2D eigenvalue weighted by Crippen LogP contribution is -2.49. The van der Waals surface area contributed by atoms with Gasteiger partial charge in [0.05, 0.1) is 12.3 Å². The highest BCUT2D eigenvalue weighted by molar-refractivity contribution is 5.94. The maximum atomic E-state index is 13.4. The lowest BCUT2D eigenvalue weighted by Gasteiger charge is -2.35. The van der Waals surface area contributed by atoms with E-state index in [0.29, 0.717) is 38.3 Å². The Bertz CT molecular complexity index is 1020. The summed E-state index contributed by atoms with van der Waals surface area (Å²) >= 11 is 0. The zero-order valence-electron chi connectivity index (χ0n) is 16.8. The molecule has 0 atom stereocenters. The molecule has 1 amide bonds. The first-order chi connectivity index (χ1) is 14.6. The fourth-order valence-corrected chi connectivity index (χ4v) is 3.51. The minimum Gasteiger partial charge on any atom is -0.494 e. The van der Waals surface area contributed by atoms with Crippen LogP contribution in [0.5, 0.6) is 5.75 Å². The molecule has 1 fully saturated rings. The number of anilines is 1. The third-order valence-electron chi connectivity index (χ3n) is 5.08. The number of hydrogen-bond acceptors (Lipinski definition) is 5. The molecule has 0 saturated carbocycles. The lowest BCUT2D eigenvalue weighted by atomic mass is 10.1. The Morgan fingerprint density at radius 1 is 1.03 bits per heavy atom. The Balaban J connectivity index is 1.42. The second-order valence-electron chi connectivity index (χ2n) is 7.01. The molecular weight excluding hydrogens is 383 g/mol. The maximum absolute atomic E-state index is 13.4. The molecule has 0 aliphatic carbocycles. The van der Waals surface area contributed by atoms with E-state index in [1.807, 2.05) is 37.3 Å². The van der Waals surface area contributed by atoms with Crippen LogP contribution in [-0.4, -0.2) is 53.6 Å². The van der Waals surface area contributed by atoms with Crippen molar-refractivity contribution in [1.29, 1.82) is 0 Å². The van der Waals surface area contributed by atoms with Crippen LogP contribution < -0.4 is 9.64 Å². The number of amides is 1. The molecule has 30 heavy (non-hydrogen) atoms. The van der Waals surface area contributed by atoms with E-state index in [-0.39, 0.29) is 5.91 Å². The van der Waals surface area contributed by atoms with E-state index in [1.54, 1.807) is 23.4 Å². The van der Waals surface area contributed by atoms with E-state index in [0.717, 1.165) is 22.8 Å². The first kappa shape index (κ1) is 19.8. The largest absolute Gasteiger partial charge is 0.494 e. The van der Waals surface area contributed by atoms with Gasteiger partial charge in [0.25, 0.3) is 5.91 Å². The summed E-state index contributed by atoms with van der Waals surface area (Å²) in [6.45, 7) is 5.00. The van der Waals surface area contributed by atoms with Crippen molar-refractivity contribution in [2.45, 2.75) is 6.92 Å². The summed E-state index contributed by atoms with van der Waals surface area (Å²) in [7, 11) is 0. The number of carbonyl (C=O) groups is 1. The van der Waals surface area contributed by atoms with Crippen LogP contribution in [0.2, 0.25) is 0 Å². The van der Waals surface area contributed by atoms with Crippen LogP contribution in [0, 0.1) is 5.82 Å². The topological polar surface area (TPSA) is 58.6 Å². The normalized spacial score (nSPS) is 13.9. The van der Waals surface area contributed by atoms with Gasteiger partial charge in [-0.15, -0.1) is 0 Å². The predicted molar refractivity (Wildman–Crippen MR) is 113 cm³/mol. The van der Waals surface area contributed by atoms with Crippen LogP contribution in [0.3, 0.4) is 0 Å². The van der Waals surface area contributed by atoms with E-state index in [9.17, 15) is 9.18 Å². The highest BCUT2D eigenvalue weighted by Crippen LogP contribution is 2.24. The molecule has 6 nitrogen and oxygen atoms in total. The van der Waals surface area contributed by atoms with E-state index in [4.69, 9.17) is 4.74 Å². The smallest absolute Gasteiger partial charge is 0.254 e. The molecule has 1 aromatic heterocycles. The van der Waals surface area contributed by atoms with Gasteiger partial charge in [0.1, 0.15) is 23.7 Å². The van der Waals surface area contributed by atoms with Crippen molar-refractivity contribution in [2.24, 2.45) is 0 Å². The highest BCUT2D eigenvalue weighted by Gasteiger charge is 2.23. The number of carbonyl (C=O) groups excluding carboxylic acids is 1. The van der Waals surface area contributed by atoms with Gasteiger partial charge in [-0.1, -0.05) is 6.07 Å². The van der Waals surface area contributed by atoms with E-state index in [1.165, 1.54) is 12.1 Å². The number of hydrogen-bond donors (Lipinski definition) is 0. The van der Waals surface area contributed by atoms with Crippen molar-refractivity contribution in [3.63, 3.8) is 0 Å². The summed E-state index contributed by atoms with van der Waals surface area (Å²) in [6.07, 6.45) is 1.56.